The quantitative estimate of drug-likeness (QED) is 0.850. The van der Waals surface area contributed by atoms with Gasteiger partial charge in [0.25, 0.3) is 0 Å². The fraction of sp³-hybridized carbons (Fsp3) is 0.364. The van der Waals surface area contributed by atoms with Gasteiger partial charge in [-0.2, -0.15) is 0 Å². The number of aliphatic carboxylic acids is 1. The Kier molecular flexibility index (Phi) is 4.06. The largest absolute Gasteiger partial charge is 0.550 e. The van der Waals surface area contributed by atoms with Gasteiger partial charge in [0.2, 0.25) is 5.91 Å². The minimum absolute atomic E-state index is 0.0804. The number of rotatable bonds is 4. The monoisotopic (exact) mass is 348 g/mol. The molecule has 1 amide bonds. The van der Waals surface area contributed by atoms with E-state index in [2.05, 4.69) is 0 Å². The summed E-state index contributed by atoms with van der Waals surface area (Å²) < 4.78 is 0. The topological polar surface area (TPSA) is 60.4 Å². The molecule has 2 aromatic rings. The molecule has 0 fully saturated rings. The van der Waals surface area contributed by atoms with Gasteiger partial charge in [0, 0.05) is 36.8 Å². The molecule has 134 valence electrons. The first kappa shape index (κ1) is 16.8. The zero-order valence-electron chi connectivity index (χ0n) is 15.0. The van der Waals surface area contributed by atoms with Gasteiger partial charge < -0.3 is 14.8 Å². The van der Waals surface area contributed by atoms with Crippen molar-refractivity contribution in [3.05, 3.63) is 70.8 Å². The van der Waals surface area contributed by atoms with Gasteiger partial charge in [-0.05, 0) is 36.1 Å². The second kappa shape index (κ2) is 6.27. The third kappa shape index (κ3) is 2.21. The highest BCUT2D eigenvalue weighted by Crippen LogP contribution is 2.58. The minimum atomic E-state index is -1.13. The standard InChI is InChI=1S/C22H23NO3/c1-3-23(4-2)21(24)19-17-13-9-5-7-11-15(13)18(20(19)22(25)26)16-12-8-6-10-14(16)17/h5-12,17-20H,3-4H2,1-2H3,(H,25,26)/p-1/t17?,18?,19-,20-/m0/s1. The average molecular weight is 348 g/mol. The number of benzene rings is 2. The van der Waals surface area contributed by atoms with E-state index in [0.29, 0.717) is 13.1 Å². The van der Waals surface area contributed by atoms with E-state index in [1.54, 1.807) is 4.90 Å². The van der Waals surface area contributed by atoms with Crippen molar-refractivity contribution in [3.63, 3.8) is 0 Å². The van der Waals surface area contributed by atoms with Crippen molar-refractivity contribution >= 4 is 11.9 Å². The molecule has 4 nitrogen and oxygen atoms in total. The molecule has 3 aliphatic rings. The van der Waals surface area contributed by atoms with Gasteiger partial charge in [0.05, 0.1) is 5.92 Å². The molecule has 5 rings (SSSR count). The second-order valence-electron chi connectivity index (χ2n) is 7.09. The van der Waals surface area contributed by atoms with E-state index >= 15 is 0 Å². The molecule has 26 heavy (non-hydrogen) atoms. The molecule has 0 saturated heterocycles. The lowest BCUT2D eigenvalue weighted by molar-refractivity contribution is -0.314. The molecule has 0 saturated carbocycles. The van der Waals surface area contributed by atoms with Crippen LogP contribution in [0, 0.1) is 11.8 Å². The summed E-state index contributed by atoms with van der Waals surface area (Å²) in [4.78, 5) is 27.3. The molecule has 4 heteroatoms. The van der Waals surface area contributed by atoms with Crippen LogP contribution in [-0.2, 0) is 9.59 Å². The van der Waals surface area contributed by atoms with Gasteiger partial charge in [-0.1, -0.05) is 48.5 Å². The molecule has 0 unspecified atom stereocenters. The van der Waals surface area contributed by atoms with E-state index in [1.807, 2.05) is 62.4 Å². The van der Waals surface area contributed by atoms with Crippen molar-refractivity contribution in [3.8, 4) is 0 Å². The Morgan fingerprint density at radius 1 is 0.808 bits per heavy atom. The van der Waals surface area contributed by atoms with Crippen molar-refractivity contribution in [2.45, 2.75) is 25.7 Å². The Bertz CT molecular complexity index is 824. The van der Waals surface area contributed by atoms with Gasteiger partial charge in [-0.25, -0.2) is 0 Å². The van der Waals surface area contributed by atoms with Crippen LogP contribution >= 0.6 is 0 Å². The summed E-state index contributed by atoms with van der Waals surface area (Å²) in [7, 11) is 0. The third-order valence-electron chi connectivity index (χ3n) is 6.07. The smallest absolute Gasteiger partial charge is 0.227 e. The van der Waals surface area contributed by atoms with Crippen LogP contribution in [0.4, 0.5) is 0 Å². The summed E-state index contributed by atoms with van der Waals surface area (Å²) in [6, 6.07) is 15.9. The highest BCUT2D eigenvalue weighted by molar-refractivity contribution is 5.89. The van der Waals surface area contributed by atoms with Crippen LogP contribution in [0.1, 0.15) is 47.9 Å². The predicted octanol–water partition coefficient (Wildman–Crippen LogP) is 2.13. The van der Waals surface area contributed by atoms with E-state index in [4.69, 9.17) is 0 Å². The zero-order valence-corrected chi connectivity index (χ0v) is 15.0. The van der Waals surface area contributed by atoms with E-state index in [0.717, 1.165) is 22.3 Å². The van der Waals surface area contributed by atoms with Crippen molar-refractivity contribution in [1.29, 1.82) is 0 Å². The lowest BCUT2D eigenvalue weighted by atomic mass is 9.54. The van der Waals surface area contributed by atoms with Crippen molar-refractivity contribution in [1.82, 2.24) is 4.90 Å². The molecule has 0 aromatic heterocycles. The van der Waals surface area contributed by atoms with E-state index in [-0.39, 0.29) is 17.7 Å². The van der Waals surface area contributed by atoms with Gasteiger partial charge in [0.1, 0.15) is 0 Å². The zero-order chi connectivity index (χ0) is 18.4. The number of carbonyl (C=O) groups is 2. The number of nitrogens with zero attached hydrogens (tertiary/aromatic N) is 1. The van der Waals surface area contributed by atoms with E-state index < -0.39 is 17.8 Å². The third-order valence-corrected chi connectivity index (χ3v) is 6.07. The number of hydrogen-bond acceptors (Lipinski definition) is 3. The van der Waals surface area contributed by atoms with Crippen LogP contribution in [0.5, 0.6) is 0 Å². The first-order chi connectivity index (χ1) is 12.6. The molecule has 0 aliphatic heterocycles. The molecule has 2 aromatic carbocycles. The molecule has 2 atom stereocenters. The Balaban J connectivity index is 1.96. The first-order valence-corrected chi connectivity index (χ1v) is 9.27. The lowest BCUT2D eigenvalue weighted by Gasteiger charge is -2.51. The fourth-order valence-electron chi connectivity index (χ4n) is 5.00. The van der Waals surface area contributed by atoms with Gasteiger partial charge in [-0.3, -0.25) is 4.79 Å². The van der Waals surface area contributed by atoms with Crippen molar-refractivity contribution in [2.75, 3.05) is 13.1 Å². The summed E-state index contributed by atoms with van der Waals surface area (Å²) in [5.41, 5.74) is 4.21. The number of carboxylic acids is 1. The van der Waals surface area contributed by atoms with Crippen molar-refractivity contribution < 1.29 is 14.7 Å². The predicted molar refractivity (Wildman–Crippen MR) is 96.5 cm³/mol. The van der Waals surface area contributed by atoms with Crippen LogP contribution in [0.3, 0.4) is 0 Å². The molecular formula is C22H22NO3-. The van der Waals surface area contributed by atoms with E-state index in [1.165, 1.54) is 0 Å². The number of hydrogen-bond donors (Lipinski definition) is 0. The Morgan fingerprint density at radius 3 is 1.54 bits per heavy atom. The van der Waals surface area contributed by atoms with Crippen LogP contribution < -0.4 is 5.11 Å². The summed E-state index contributed by atoms with van der Waals surface area (Å²) in [5, 5.41) is 12.2. The number of carboxylic acid groups (broad SMARTS) is 1. The van der Waals surface area contributed by atoms with Crippen LogP contribution in [0.25, 0.3) is 0 Å². The first-order valence-electron chi connectivity index (χ1n) is 9.27. The van der Waals surface area contributed by atoms with Gasteiger partial charge >= 0.3 is 0 Å². The molecular weight excluding hydrogens is 326 g/mol. The molecule has 0 N–H and O–H groups in total. The molecule has 0 spiro atoms. The molecule has 0 heterocycles. The highest BCUT2D eigenvalue weighted by Gasteiger charge is 2.53. The van der Waals surface area contributed by atoms with Crippen molar-refractivity contribution in [2.24, 2.45) is 11.8 Å². The Morgan fingerprint density at radius 2 is 1.19 bits per heavy atom. The summed E-state index contributed by atoms with van der Waals surface area (Å²) in [5.74, 6) is -3.23. The minimum Gasteiger partial charge on any atom is -0.550 e. The highest BCUT2D eigenvalue weighted by atomic mass is 16.4. The molecule has 2 bridgehead atoms. The van der Waals surface area contributed by atoms with Crippen LogP contribution in [0.15, 0.2) is 48.5 Å². The summed E-state index contributed by atoms with van der Waals surface area (Å²) in [6.45, 7) is 5.01. The van der Waals surface area contributed by atoms with Crippen LogP contribution in [0.2, 0.25) is 0 Å². The second-order valence-corrected chi connectivity index (χ2v) is 7.09. The maximum Gasteiger partial charge on any atom is 0.227 e. The lowest BCUT2D eigenvalue weighted by Crippen LogP contribution is -2.54. The number of carbonyl (C=O) groups excluding carboxylic acids is 2. The molecule has 0 radical (unpaired) electrons. The fourth-order valence-corrected chi connectivity index (χ4v) is 5.00. The summed E-state index contributed by atoms with van der Waals surface area (Å²) >= 11 is 0. The van der Waals surface area contributed by atoms with Crippen LogP contribution in [-0.4, -0.2) is 29.9 Å². The maximum absolute atomic E-state index is 13.3. The van der Waals surface area contributed by atoms with Gasteiger partial charge in [-0.15, -0.1) is 0 Å². The normalized spacial score (nSPS) is 25.3. The Labute approximate surface area is 153 Å². The summed E-state index contributed by atoms with van der Waals surface area (Å²) in [6.07, 6.45) is 0. The Hall–Kier alpha value is -2.62. The number of fused-ring (bicyclic) bond motifs is 1. The SMILES string of the molecule is CCN(CC)C(=O)[C@H]1C2c3ccccc3C(c3ccccc32)[C@@H]1C(=O)[O-]. The van der Waals surface area contributed by atoms with E-state index in [9.17, 15) is 14.7 Å². The maximum atomic E-state index is 13.3. The van der Waals surface area contributed by atoms with Gasteiger partial charge in [0.15, 0.2) is 0 Å². The average Bonchev–Trinajstić information content (AvgIpc) is 2.68. The molecule has 3 aliphatic carbocycles. The number of amides is 1.